The van der Waals surface area contributed by atoms with Crippen molar-refractivity contribution in [1.29, 1.82) is 0 Å². The standard InChI is InChI=1S/C15H23N3O2/c1-11-6-5-7-13(10-11)8-9-16-15(20)17-12(2)14(19)18(3)4/h5-7,10,12H,8-9H2,1-4H3,(H2,16,17,20). The van der Waals surface area contributed by atoms with Crippen LogP contribution in [-0.4, -0.2) is 43.5 Å². The Kier molecular flexibility index (Phi) is 6.03. The molecule has 2 N–H and O–H groups in total. The Morgan fingerprint density at radius 2 is 2.00 bits per heavy atom. The van der Waals surface area contributed by atoms with Gasteiger partial charge in [-0.25, -0.2) is 4.79 Å². The first-order chi connectivity index (χ1) is 9.40. The van der Waals surface area contributed by atoms with Gasteiger partial charge < -0.3 is 15.5 Å². The summed E-state index contributed by atoms with van der Waals surface area (Å²) in [6.07, 6.45) is 0.769. The predicted molar refractivity (Wildman–Crippen MR) is 79.6 cm³/mol. The van der Waals surface area contributed by atoms with Gasteiger partial charge in [0.1, 0.15) is 6.04 Å². The molecule has 0 saturated carbocycles. The lowest BCUT2D eigenvalue weighted by molar-refractivity contribution is -0.130. The average molecular weight is 277 g/mol. The van der Waals surface area contributed by atoms with E-state index in [-0.39, 0.29) is 11.9 Å². The Morgan fingerprint density at radius 3 is 2.60 bits per heavy atom. The van der Waals surface area contributed by atoms with Crippen LogP contribution in [0.3, 0.4) is 0 Å². The Balaban J connectivity index is 2.32. The molecule has 1 unspecified atom stereocenters. The molecule has 1 atom stereocenters. The Bertz CT molecular complexity index is 472. The summed E-state index contributed by atoms with van der Waals surface area (Å²) in [6.45, 7) is 4.25. The third-order valence-corrected chi connectivity index (χ3v) is 2.94. The molecule has 0 bridgehead atoms. The molecular weight excluding hydrogens is 254 g/mol. The molecule has 5 heteroatoms. The van der Waals surface area contributed by atoms with Crippen LogP contribution in [0.15, 0.2) is 24.3 Å². The number of rotatable bonds is 5. The van der Waals surface area contributed by atoms with Gasteiger partial charge in [-0.3, -0.25) is 4.79 Å². The van der Waals surface area contributed by atoms with Gasteiger partial charge in [0.15, 0.2) is 0 Å². The molecule has 0 saturated heterocycles. The minimum Gasteiger partial charge on any atom is -0.347 e. The summed E-state index contributed by atoms with van der Waals surface area (Å²) in [6, 6.07) is 7.33. The van der Waals surface area contributed by atoms with E-state index >= 15 is 0 Å². The van der Waals surface area contributed by atoms with Crippen LogP contribution in [-0.2, 0) is 11.2 Å². The molecule has 20 heavy (non-hydrogen) atoms. The number of likely N-dealkylation sites (N-methyl/N-ethyl adjacent to an activating group) is 1. The van der Waals surface area contributed by atoms with Gasteiger partial charge in [-0.1, -0.05) is 29.8 Å². The van der Waals surface area contributed by atoms with Crippen molar-refractivity contribution < 1.29 is 9.59 Å². The fraction of sp³-hybridized carbons (Fsp3) is 0.467. The summed E-state index contributed by atoms with van der Waals surface area (Å²) in [5.41, 5.74) is 2.39. The summed E-state index contributed by atoms with van der Waals surface area (Å²) in [5, 5.41) is 5.37. The van der Waals surface area contributed by atoms with Gasteiger partial charge in [-0.15, -0.1) is 0 Å². The molecule has 0 radical (unpaired) electrons. The quantitative estimate of drug-likeness (QED) is 0.852. The van der Waals surface area contributed by atoms with Crippen molar-refractivity contribution in [2.45, 2.75) is 26.3 Å². The highest BCUT2D eigenvalue weighted by molar-refractivity contribution is 5.86. The number of nitrogens with zero attached hydrogens (tertiary/aromatic N) is 1. The zero-order valence-electron chi connectivity index (χ0n) is 12.6. The van der Waals surface area contributed by atoms with E-state index in [0.717, 1.165) is 6.42 Å². The van der Waals surface area contributed by atoms with Gasteiger partial charge in [0.2, 0.25) is 5.91 Å². The molecular formula is C15H23N3O2. The van der Waals surface area contributed by atoms with E-state index in [1.54, 1.807) is 21.0 Å². The summed E-state index contributed by atoms with van der Waals surface area (Å²) in [5.74, 6) is -0.126. The molecule has 5 nitrogen and oxygen atoms in total. The van der Waals surface area contributed by atoms with Gasteiger partial charge in [-0.05, 0) is 25.8 Å². The van der Waals surface area contributed by atoms with Gasteiger partial charge >= 0.3 is 6.03 Å². The van der Waals surface area contributed by atoms with E-state index in [9.17, 15) is 9.59 Å². The van der Waals surface area contributed by atoms with Crippen LogP contribution in [0.4, 0.5) is 4.79 Å². The third kappa shape index (κ3) is 5.30. The van der Waals surface area contributed by atoms with Gasteiger partial charge in [-0.2, -0.15) is 0 Å². The third-order valence-electron chi connectivity index (χ3n) is 2.94. The second-order valence-electron chi connectivity index (χ2n) is 5.09. The topological polar surface area (TPSA) is 61.4 Å². The SMILES string of the molecule is Cc1cccc(CCNC(=O)NC(C)C(=O)N(C)C)c1. The Hall–Kier alpha value is -2.04. The highest BCUT2D eigenvalue weighted by Gasteiger charge is 2.16. The van der Waals surface area contributed by atoms with Crippen LogP contribution in [0.1, 0.15) is 18.1 Å². The van der Waals surface area contributed by atoms with Crippen molar-refractivity contribution >= 4 is 11.9 Å². The van der Waals surface area contributed by atoms with E-state index in [4.69, 9.17) is 0 Å². The number of nitrogens with one attached hydrogen (secondary N) is 2. The maximum absolute atomic E-state index is 11.6. The van der Waals surface area contributed by atoms with E-state index in [0.29, 0.717) is 6.54 Å². The normalized spacial score (nSPS) is 11.6. The zero-order valence-corrected chi connectivity index (χ0v) is 12.6. The molecule has 1 aromatic rings. The smallest absolute Gasteiger partial charge is 0.315 e. The van der Waals surface area contributed by atoms with Crippen LogP contribution in [0.25, 0.3) is 0 Å². The molecule has 1 rings (SSSR count). The summed E-state index contributed by atoms with van der Waals surface area (Å²) in [4.78, 5) is 24.7. The summed E-state index contributed by atoms with van der Waals surface area (Å²) in [7, 11) is 3.33. The molecule has 0 spiro atoms. The average Bonchev–Trinajstić information content (AvgIpc) is 2.37. The van der Waals surface area contributed by atoms with Crippen LogP contribution in [0, 0.1) is 6.92 Å². The lowest BCUT2D eigenvalue weighted by Crippen LogP contribution is -2.48. The molecule has 0 aliphatic carbocycles. The number of hydrogen-bond acceptors (Lipinski definition) is 2. The van der Waals surface area contributed by atoms with E-state index in [1.165, 1.54) is 16.0 Å². The van der Waals surface area contributed by atoms with Crippen molar-refractivity contribution in [2.24, 2.45) is 0 Å². The number of hydrogen-bond donors (Lipinski definition) is 2. The van der Waals surface area contributed by atoms with E-state index in [1.807, 2.05) is 25.1 Å². The molecule has 3 amide bonds. The maximum Gasteiger partial charge on any atom is 0.315 e. The molecule has 0 aromatic heterocycles. The first-order valence-corrected chi connectivity index (χ1v) is 6.71. The molecule has 110 valence electrons. The van der Waals surface area contributed by atoms with Crippen LogP contribution in [0.5, 0.6) is 0 Å². The number of carbonyl (C=O) groups excluding carboxylic acids is 2. The Morgan fingerprint density at radius 1 is 1.30 bits per heavy atom. The summed E-state index contributed by atoms with van der Waals surface area (Å²) >= 11 is 0. The highest BCUT2D eigenvalue weighted by Crippen LogP contribution is 2.03. The van der Waals surface area contributed by atoms with Crippen LogP contribution < -0.4 is 10.6 Å². The van der Waals surface area contributed by atoms with Crippen molar-refractivity contribution in [3.8, 4) is 0 Å². The second-order valence-corrected chi connectivity index (χ2v) is 5.09. The van der Waals surface area contributed by atoms with Crippen LogP contribution in [0.2, 0.25) is 0 Å². The summed E-state index contributed by atoms with van der Waals surface area (Å²) < 4.78 is 0. The molecule has 0 heterocycles. The van der Waals surface area contributed by atoms with Crippen LogP contribution >= 0.6 is 0 Å². The van der Waals surface area contributed by atoms with Crippen molar-refractivity contribution in [2.75, 3.05) is 20.6 Å². The molecule has 0 aliphatic heterocycles. The number of benzene rings is 1. The monoisotopic (exact) mass is 277 g/mol. The Labute approximate surface area is 120 Å². The van der Waals surface area contributed by atoms with Crippen molar-refractivity contribution in [1.82, 2.24) is 15.5 Å². The fourth-order valence-electron chi connectivity index (χ4n) is 1.88. The minimum atomic E-state index is -0.524. The first kappa shape index (κ1) is 16.0. The number of urea groups is 1. The zero-order chi connectivity index (χ0) is 15.1. The number of aryl methyl sites for hydroxylation is 1. The number of carbonyl (C=O) groups is 2. The maximum atomic E-state index is 11.6. The minimum absolute atomic E-state index is 0.126. The lowest BCUT2D eigenvalue weighted by atomic mass is 10.1. The predicted octanol–water partition coefficient (Wildman–Crippen LogP) is 1.31. The van der Waals surface area contributed by atoms with Crippen molar-refractivity contribution in [3.63, 3.8) is 0 Å². The largest absolute Gasteiger partial charge is 0.347 e. The first-order valence-electron chi connectivity index (χ1n) is 6.71. The number of amides is 3. The van der Waals surface area contributed by atoms with E-state index in [2.05, 4.69) is 16.7 Å². The molecule has 1 aromatic carbocycles. The second kappa shape index (κ2) is 7.53. The van der Waals surface area contributed by atoms with Gasteiger partial charge in [0, 0.05) is 20.6 Å². The molecule has 0 aliphatic rings. The van der Waals surface area contributed by atoms with E-state index < -0.39 is 6.04 Å². The fourth-order valence-corrected chi connectivity index (χ4v) is 1.88. The van der Waals surface area contributed by atoms with Crippen molar-refractivity contribution in [3.05, 3.63) is 35.4 Å². The highest BCUT2D eigenvalue weighted by atomic mass is 16.2. The van der Waals surface area contributed by atoms with Gasteiger partial charge in [0.25, 0.3) is 0 Å². The van der Waals surface area contributed by atoms with Gasteiger partial charge in [0.05, 0.1) is 0 Å². The molecule has 0 fully saturated rings. The lowest BCUT2D eigenvalue weighted by Gasteiger charge is -2.18.